The van der Waals surface area contributed by atoms with E-state index in [0.29, 0.717) is 0 Å². The molecule has 0 unspecified atom stereocenters. The number of anilines is 3. The molecule has 0 radical (unpaired) electrons. The number of hydrogen-bond donors (Lipinski definition) is 2. The highest BCUT2D eigenvalue weighted by Crippen LogP contribution is 2.24. The van der Waals surface area contributed by atoms with Gasteiger partial charge < -0.3 is 20.4 Å². The van der Waals surface area contributed by atoms with Gasteiger partial charge in [-0.05, 0) is 18.3 Å². The first-order valence-electron chi connectivity index (χ1n) is 8.85. The molecule has 0 spiro atoms. The fourth-order valence-electron chi connectivity index (χ4n) is 2.98. The minimum Gasteiger partial charge on any atom is -0.369 e. The van der Waals surface area contributed by atoms with Crippen molar-refractivity contribution < 1.29 is 0 Å². The van der Waals surface area contributed by atoms with Crippen molar-refractivity contribution in [2.75, 3.05) is 60.9 Å². The third-order valence-electron chi connectivity index (χ3n) is 4.33. The van der Waals surface area contributed by atoms with Gasteiger partial charge in [-0.1, -0.05) is 20.8 Å². The van der Waals surface area contributed by atoms with Crippen LogP contribution in [-0.4, -0.2) is 55.8 Å². The highest BCUT2D eigenvalue weighted by atomic mass is 15.3. The lowest BCUT2D eigenvalue weighted by Gasteiger charge is -2.30. The first-order chi connectivity index (χ1) is 11.0. The van der Waals surface area contributed by atoms with Gasteiger partial charge in [-0.2, -0.15) is 9.97 Å². The molecule has 128 valence electrons. The largest absolute Gasteiger partial charge is 0.369 e. The molecule has 0 amide bonds. The average Bonchev–Trinajstić information content (AvgIpc) is 3.07. The van der Waals surface area contributed by atoms with Crippen LogP contribution in [0.4, 0.5) is 17.6 Å². The normalized spacial score (nSPS) is 19.3. The fraction of sp³-hybridized carbons (Fsp3) is 0.765. The van der Waals surface area contributed by atoms with Gasteiger partial charge in [0, 0.05) is 51.9 Å². The van der Waals surface area contributed by atoms with E-state index >= 15 is 0 Å². The van der Waals surface area contributed by atoms with Gasteiger partial charge >= 0.3 is 0 Å². The van der Waals surface area contributed by atoms with E-state index in [1.54, 1.807) is 0 Å². The zero-order chi connectivity index (χ0) is 16.3. The van der Waals surface area contributed by atoms with Crippen LogP contribution >= 0.6 is 0 Å². The van der Waals surface area contributed by atoms with E-state index in [-0.39, 0.29) is 5.41 Å². The molecule has 2 aliphatic rings. The van der Waals surface area contributed by atoms with E-state index in [1.165, 1.54) is 12.8 Å². The van der Waals surface area contributed by atoms with Crippen molar-refractivity contribution in [3.63, 3.8) is 0 Å². The van der Waals surface area contributed by atoms with E-state index < -0.39 is 0 Å². The maximum absolute atomic E-state index is 4.86. The van der Waals surface area contributed by atoms with Crippen molar-refractivity contribution in [2.45, 2.75) is 33.6 Å². The van der Waals surface area contributed by atoms with Crippen LogP contribution in [0.1, 0.15) is 33.6 Å². The smallest absolute Gasteiger partial charge is 0.229 e. The number of nitrogens with one attached hydrogen (secondary N) is 2. The molecular formula is C17H30N6. The average molecular weight is 318 g/mol. The van der Waals surface area contributed by atoms with Gasteiger partial charge in [-0.3, -0.25) is 0 Å². The van der Waals surface area contributed by atoms with Crippen molar-refractivity contribution >= 4 is 17.6 Å². The summed E-state index contributed by atoms with van der Waals surface area (Å²) in [6.45, 7) is 13.8. The molecule has 3 rings (SSSR count). The van der Waals surface area contributed by atoms with Crippen molar-refractivity contribution in [1.29, 1.82) is 0 Å². The Kier molecular flexibility index (Phi) is 4.90. The first-order valence-corrected chi connectivity index (χ1v) is 8.85. The van der Waals surface area contributed by atoms with Gasteiger partial charge in [0.05, 0.1) is 0 Å². The summed E-state index contributed by atoms with van der Waals surface area (Å²) < 4.78 is 0. The summed E-state index contributed by atoms with van der Waals surface area (Å²) in [5.74, 6) is 2.89. The topological polar surface area (TPSA) is 56.3 Å². The second-order valence-corrected chi connectivity index (χ2v) is 7.76. The molecule has 0 saturated carbocycles. The molecule has 0 aliphatic carbocycles. The second-order valence-electron chi connectivity index (χ2n) is 7.76. The molecule has 2 fully saturated rings. The Morgan fingerprint density at radius 3 is 2.39 bits per heavy atom. The molecule has 6 nitrogen and oxygen atoms in total. The Morgan fingerprint density at radius 2 is 1.74 bits per heavy atom. The second kappa shape index (κ2) is 6.91. The van der Waals surface area contributed by atoms with E-state index in [1.807, 2.05) is 0 Å². The molecule has 0 atom stereocenters. The third-order valence-corrected chi connectivity index (χ3v) is 4.33. The van der Waals surface area contributed by atoms with Gasteiger partial charge in [0.1, 0.15) is 11.6 Å². The molecule has 2 aliphatic heterocycles. The van der Waals surface area contributed by atoms with E-state index in [2.05, 4.69) is 47.3 Å². The summed E-state index contributed by atoms with van der Waals surface area (Å²) in [6, 6.07) is 2.11. The molecule has 1 aromatic rings. The summed E-state index contributed by atoms with van der Waals surface area (Å²) in [5, 5.41) is 6.91. The van der Waals surface area contributed by atoms with E-state index in [9.17, 15) is 0 Å². The molecular weight excluding hydrogens is 288 g/mol. The van der Waals surface area contributed by atoms with Gasteiger partial charge in [0.2, 0.25) is 5.95 Å². The Morgan fingerprint density at radius 1 is 1.04 bits per heavy atom. The third kappa shape index (κ3) is 4.47. The molecule has 0 bridgehead atoms. The summed E-state index contributed by atoms with van der Waals surface area (Å²) in [4.78, 5) is 14.3. The Hall–Kier alpha value is -1.56. The standard InChI is InChI=1S/C17H30N6/c1-17(2,3)13-19-14-12-15(22-10-6-18-7-11-22)21-16(20-14)23-8-4-5-9-23/h12,18H,4-11,13H2,1-3H3,(H,19,20,21). The van der Waals surface area contributed by atoms with Crippen LogP contribution in [-0.2, 0) is 0 Å². The van der Waals surface area contributed by atoms with Crippen LogP contribution in [0.15, 0.2) is 6.07 Å². The van der Waals surface area contributed by atoms with Crippen LogP contribution in [0, 0.1) is 5.41 Å². The monoisotopic (exact) mass is 318 g/mol. The Labute approximate surface area is 139 Å². The van der Waals surface area contributed by atoms with Crippen molar-refractivity contribution in [3.05, 3.63) is 6.07 Å². The lowest BCUT2D eigenvalue weighted by atomic mass is 9.97. The van der Waals surface area contributed by atoms with Crippen LogP contribution in [0.2, 0.25) is 0 Å². The zero-order valence-electron chi connectivity index (χ0n) is 14.7. The number of hydrogen-bond acceptors (Lipinski definition) is 6. The minimum absolute atomic E-state index is 0.230. The molecule has 1 aromatic heterocycles. The van der Waals surface area contributed by atoms with Crippen molar-refractivity contribution in [3.8, 4) is 0 Å². The number of aromatic nitrogens is 2. The lowest BCUT2D eigenvalue weighted by molar-refractivity contribution is 0.442. The maximum Gasteiger partial charge on any atom is 0.229 e. The van der Waals surface area contributed by atoms with Gasteiger partial charge in [-0.25, -0.2) is 0 Å². The molecule has 23 heavy (non-hydrogen) atoms. The van der Waals surface area contributed by atoms with Crippen LogP contribution in [0.3, 0.4) is 0 Å². The summed E-state index contributed by atoms with van der Waals surface area (Å²) in [5.41, 5.74) is 0.230. The van der Waals surface area contributed by atoms with Crippen molar-refractivity contribution in [1.82, 2.24) is 15.3 Å². The predicted octanol–water partition coefficient (Wildman–Crippen LogP) is 1.94. The highest BCUT2D eigenvalue weighted by molar-refractivity contribution is 5.55. The fourth-order valence-corrected chi connectivity index (χ4v) is 2.98. The Bertz CT molecular complexity index is 512. The zero-order valence-corrected chi connectivity index (χ0v) is 14.7. The molecule has 0 aromatic carbocycles. The van der Waals surface area contributed by atoms with Crippen LogP contribution in [0.25, 0.3) is 0 Å². The lowest BCUT2D eigenvalue weighted by Crippen LogP contribution is -2.44. The summed E-state index contributed by atoms with van der Waals surface area (Å²) in [6.07, 6.45) is 2.48. The summed E-state index contributed by atoms with van der Waals surface area (Å²) >= 11 is 0. The number of nitrogens with zero attached hydrogens (tertiary/aromatic N) is 4. The Balaban J connectivity index is 1.83. The van der Waals surface area contributed by atoms with Crippen LogP contribution in [0.5, 0.6) is 0 Å². The predicted molar refractivity (Wildman–Crippen MR) is 96.5 cm³/mol. The van der Waals surface area contributed by atoms with E-state index in [0.717, 1.165) is 63.4 Å². The van der Waals surface area contributed by atoms with Gasteiger partial charge in [0.15, 0.2) is 0 Å². The summed E-state index contributed by atoms with van der Waals surface area (Å²) in [7, 11) is 0. The van der Waals surface area contributed by atoms with Gasteiger partial charge in [-0.15, -0.1) is 0 Å². The molecule has 3 heterocycles. The number of piperazine rings is 1. The SMILES string of the molecule is CC(C)(C)CNc1cc(N2CCNCC2)nc(N2CCCC2)n1. The van der Waals surface area contributed by atoms with E-state index in [4.69, 9.17) is 9.97 Å². The maximum atomic E-state index is 4.86. The van der Waals surface area contributed by atoms with Crippen molar-refractivity contribution in [2.24, 2.45) is 5.41 Å². The first kappa shape index (κ1) is 16.3. The van der Waals surface area contributed by atoms with Crippen LogP contribution < -0.4 is 20.4 Å². The number of rotatable bonds is 4. The molecule has 2 N–H and O–H groups in total. The molecule has 2 saturated heterocycles. The molecule has 6 heteroatoms. The van der Waals surface area contributed by atoms with Gasteiger partial charge in [0.25, 0.3) is 0 Å². The highest BCUT2D eigenvalue weighted by Gasteiger charge is 2.20. The minimum atomic E-state index is 0.230. The quantitative estimate of drug-likeness (QED) is 0.885.